The molecular formula is C20H19N3O. The van der Waals surface area contributed by atoms with E-state index in [1.165, 1.54) is 0 Å². The number of H-pyrrole nitrogens is 1. The van der Waals surface area contributed by atoms with Crippen LogP contribution in [-0.4, -0.2) is 21.6 Å². The molecule has 0 spiro atoms. The molecule has 1 N–H and O–H groups in total. The number of para-hydroxylation sites is 1. The van der Waals surface area contributed by atoms with Crippen molar-refractivity contribution < 1.29 is 4.79 Å². The number of amides is 1. The number of fused-ring (bicyclic) bond motifs is 1. The smallest absolute Gasteiger partial charge is 0.250 e. The first-order chi connectivity index (χ1) is 11.7. The number of hydrogen-bond acceptors (Lipinski definition) is 2. The maximum atomic E-state index is 13.0. The molecule has 1 aliphatic heterocycles. The summed E-state index contributed by atoms with van der Waals surface area (Å²) in [7, 11) is 0. The van der Waals surface area contributed by atoms with Crippen molar-refractivity contribution in [2.45, 2.75) is 25.8 Å². The first kappa shape index (κ1) is 14.7. The molecule has 0 saturated heterocycles. The lowest BCUT2D eigenvalue weighted by Gasteiger charge is -2.28. The number of carbonyl (C=O) groups excluding carboxylic acids is 1. The maximum absolute atomic E-state index is 13.0. The number of rotatable bonds is 3. The normalized spacial score (nSPS) is 18.0. The summed E-state index contributed by atoms with van der Waals surface area (Å²) in [6.45, 7) is 2.50. The minimum absolute atomic E-state index is 0.0641. The second-order valence-electron chi connectivity index (χ2n) is 6.26. The van der Waals surface area contributed by atoms with Crippen LogP contribution in [0.1, 0.15) is 30.4 Å². The third-order valence-corrected chi connectivity index (χ3v) is 4.52. The van der Waals surface area contributed by atoms with Crippen LogP contribution < -0.4 is 0 Å². The lowest BCUT2D eigenvalue weighted by molar-refractivity contribution is -0.134. The minimum Gasteiger partial charge on any atom is -0.361 e. The summed E-state index contributed by atoms with van der Waals surface area (Å²) in [5.74, 6) is -0.114. The maximum Gasteiger partial charge on any atom is 0.250 e. The van der Waals surface area contributed by atoms with E-state index in [1.807, 2.05) is 61.7 Å². The Labute approximate surface area is 140 Å². The highest BCUT2D eigenvalue weighted by molar-refractivity contribution is 5.99. The van der Waals surface area contributed by atoms with Crippen molar-refractivity contribution in [3.63, 3.8) is 0 Å². The molecule has 24 heavy (non-hydrogen) atoms. The average molecular weight is 317 g/mol. The van der Waals surface area contributed by atoms with Crippen molar-refractivity contribution >= 4 is 22.5 Å². The molecule has 120 valence electrons. The SMILES string of the molecule is CC1=NN(Cc2ccccc2)C(=O)C(c2c[nH]c3ccccc23)C1. The van der Waals surface area contributed by atoms with Gasteiger partial charge in [-0.05, 0) is 24.1 Å². The fraction of sp³-hybridized carbons (Fsp3) is 0.200. The summed E-state index contributed by atoms with van der Waals surface area (Å²) < 4.78 is 0. The Balaban J connectivity index is 1.68. The quantitative estimate of drug-likeness (QED) is 0.778. The van der Waals surface area contributed by atoms with Gasteiger partial charge in [0.05, 0.1) is 12.5 Å². The van der Waals surface area contributed by atoms with Crippen molar-refractivity contribution in [1.82, 2.24) is 9.99 Å². The number of aromatic nitrogens is 1. The molecule has 1 unspecified atom stereocenters. The lowest BCUT2D eigenvalue weighted by atomic mass is 9.91. The molecule has 0 aliphatic carbocycles. The lowest BCUT2D eigenvalue weighted by Crippen LogP contribution is -2.36. The van der Waals surface area contributed by atoms with E-state index < -0.39 is 0 Å². The van der Waals surface area contributed by atoms with Crippen LogP contribution in [-0.2, 0) is 11.3 Å². The second-order valence-corrected chi connectivity index (χ2v) is 6.26. The third-order valence-electron chi connectivity index (χ3n) is 4.52. The summed E-state index contributed by atoms with van der Waals surface area (Å²) in [4.78, 5) is 16.3. The second kappa shape index (κ2) is 5.96. The van der Waals surface area contributed by atoms with E-state index in [-0.39, 0.29) is 11.8 Å². The molecule has 0 radical (unpaired) electrons. The van der Waals surface area contributed by atoms with Gasteiger partial charge in [-0.2, -0.15) is 5.10 Å². The summed E-state index contributed by atoms with van der Waals surface area (Å²) in [5.41, 5.74) is 4.20. The van der Waals surface area contributed by atoms with E-state index in [2.05, 4.69) is 16.2 Å². The number of aromatic amines is 1. The highest BCUT2D eigenvalue weighted by Gasteiger charge is 2.32. The van der Waals surface area contributed by atoms with Gasteiger partial charge in [0, 0.05) is 29.2 Å². The molecule has 0 fully saturated rings. The van der Waals surface area contributed by atoms with Crippen LogP contribution >= 0.6 is 0 Å². The number of benzene rings is 2. The monoisotopic (exact) mass is 317 g/mol. The van der Waals surface area contributed by atoms with E-state index in [1.54, 1.807) is 5.01 Å². The van der Waals surface area contributed by atoms with Gasteiger partial charge in [0.2, 0.25) is 0 Å². The van der Waals surface area contributed by atoms with Crippen molar-refractivity contribution in [2.75, 3.05) is 0 Å². The van der Waals surface area contributed by atoms with Gasteiger partial charge in [0.1, 0.15) is 0 Å². The van der Waals surface area contributed by atoms with Crippen LogP contribution in [0.25, 0.3) is 10.9 Å². The van der Waals surface area contributed by atoms with Crippen molar-refractivity contribution in [3.05, 3.63) is 71.9 Å². The van der Waals surface area contributed by atoms with Gasteiger partial charge < -0.3 is 4.98 Å². The van der Waals surface area contributed by atoms with Gasteiger partial charge >= 0.3 is 0 Å². The van der Waals surface area contributed by atoms with Crippen molar-refractivity contribution in [1.29, 1.82) is 0 Å². The Morgan fingerprint density at radius 1 is 1.12 bits per heavy atom. The predicted octanol–water partition coefficient (Wildman–Crippen LogP) is 4.06. The molecule has 4 nitrogen and oxygen atoms in total. The topological polar surface area (TPSA) is 48.5 Å². The molecule has 2 heterocycles. The zero-order chi connectivity index (χ0) is 16.5. The Morgan fingerprint density at radius 2 is 1.88 bits per heavy atom. The molecule has 1 aliphatic rings. The van der Waals surface area contributed by atoms with Crippen LogP contribution in [0.15, 0.2) is 65.9 Å². The van der Waals surface area contributed by atoms with Gasteiger partial charge in [-0.25, -0.2) is 5.01 Å². The zero-order valence-corrected chi connectivity index (χ0v) is 13.6. The van der Waals surface area contributed by atoms with Gasteiger partial charge in [-0.15, -0.1) is 0 Å². The van der Waals surface area contributed by atoms with Gasteiger partial charge in [-0.3, -0.25) is 4.79 Å². The molecule has 4 rings (SSSR count). The molecule has 2 aromatic carbocycles. The average Bonchev–Trinajstić information content (AvgIpc) is 3.03. The highest BCUT2D eigenvalue weighted by atomic mass is 16.2. The van der Waals surface area contributed by atoms with E-state index >= 15 is 0 Å². The zero-order valence-electron chi connectivity index (χ0n) is 13.6. The highest BCUT2D eigenvalue weighted by Crippen LogP contribution is 2.32. The fourth-order valence-corrected chi connectivity index (χ4v) is 3.35. The Kier molecular flexibility index (Phi) is 3.65. The molecule has 1 amide bonds. The molecule has 0 saturated carbocycles. The summed E-state index contributed by atoms with van der Waals surface area (Å²) in [6, 6.07) is 18.1. The molecule has 4 heteroatoms. The van der Waals surface area contributed by atoms with Crippen LogP contribution in [0.2, 0.25) is 0 Å². The fourth-order valence-electron chi connectivity index (χ4n) is 3.35. The van der Waals surface area contributed by atoms with Gasteiger partial charge in [0.25, 0.3) is 5.91 Å². The number of carbonyl (C=O) groups is 1. The Hall–Kier alpha value is -2.88. The predicted molar refractivity (Wildman–Crippen MR) is 95.8 cm³/mol. The standard InChI is InChI=1S/C20H19N3O/c1-14-11-17(18-12-21-19-10-6-5-9-16(18)19)20(24)23(22-14)13-15-7-3-2-4-8-15/h2-10,12,17,21H,11,13H2,1H3. The number of nitrogens with zero attached hydrogens (tertiary/aromatic N) is 2. The van der Waals surface area contributed by atoms with E-state index in [4.69, 9.17) is 0 Å². The molecule has 1 atom stereocenters. The summed E-state index contributed by atoms with van der Waals surface area (Å²) in [5, 5.41) is 7.22. The summed E-state index contributed by atoms with van der Waals surface area (Å²) in [6.07, 6.45) is 2.64. The first-order valence-corrected chi connectivity index (χ1v) is 8.18. The van der Waals surface area contributed by atoms with Crippen LogP contribution in [0, 0.1) is 0 Å². The van der Waals surface area contributed by atoms with Crippen molar-refractivity contribution in [2.24, 2.45) is 5.10 Å². The minimum atomic E-state index is -0.178. The largest absolute Gasteiger partial charge is 0.361 e. The van der Waals surface area contributed by atoms with Crippen LogP contribution in [0.5, 0.6) is 0 Å². The number of hydrogen-bond donors (Lipinski definition) is 1. The number of nitrogens with one attached hydrogen (secondary N) is 1. The van der Waals surface area contributed by atoms with Gasteiger partial charge in [-0.1, -0.05) is 48.5 Å². The molecule has 1 aromatic heterocycles. The first-order valence-electron chi connectivity index (χ1n) is 8.18. The van der Waals surface area contributed by atoms with Crippen LogP contribution in [0.4, 0.5) is 0 Å². The van der Waals surface area contributed by atoms with Crippen molar-refractivity contribution in [3.8, 4) is 0 Å². The van der Waals surface area contributed by atoms with E-state index in [9.17, 15) is 4.79 Å². The Bertz CT molecular complexity index is 911. The van der Waals surface area contributed by atoms with E-state index in [0.717, 1.165) is 27.7 Å². The number of hydrazone groups is 1. The van der Waals surface area contributed by atoms with Gasteiger partial charge in [0.15, 0.2) is 0 Å². The van der Waals surface area contributed by atoms with E-state index in [0.29, 0.717) is 13.0 Å². The molecular weight excluding hydrogens is 298 g/mol. The molecule has 3 aromatic rings. The summed E-state index contributed by atoms with van der Waals surface area (Å²) >= 11 is 0. The molecule has 0 bridgehead atoms. The Morgan fingerprint density at radius 3 is 2.71 bits per heavy atom. The van der Waals surface area contributed by atoms with Crippen LogP contribution in [0.3, 0.4) is 0 Å². The third kappa shape index (κ3) is 2.60.